The van der Waals surface area contributed by atoms with Crippen molar-refractivity contribution in [2.24, 2.45) is 0 Å². The molecule has 2 rings (SSSR count). The lowest BCUT2D eigenvalue weighted by molar-refractivity contribution is 0.308. The normalized spacial score (nSPS) is 15.6. The highest BCUT2D eigenvalue weighted by molar-refractivity contribution is 7.90. The number of hydrogen-bond donors (Lipinski definition) is 1. The summed E-state index contributed by atoms with van der Waals surface area (Å²) in [7, 11) is -3.12. The molecule has 1 aliphatic carbocycles. The molecule has 0 saturated heterocycles. The number of benzene rings is 1. The highest BCUT2D eigenvalue weighted by Crippen LogP contribution is 2.18. The number of ether oxygens (including phenoxy) is 1. The fourth-order valence-corrected chi connectivity index (χ4v) is 2.27. The van der Waals surface area contributed by atoms with Crippen molar-refractivity contribution in [1.82, 2.24) is 5.32 Å². The lowest BCUT2D eigenvalue weighted by atomic mass is 10.3. The van der Waals surface area contributed by atoms with Crippen molar-refractivity contribution in [3.05, 3.63) is 24.3 Å². The molecule has 0 amide bonds. The van der Waals surface area contributed by atoms with E-state index in [-0.39, 0.29) is 0 Å². The van der Waals surface area contributed by atoms with Gasteiger partial charge in [-0.3, -0.25) is 0 Å². The molecular weight excluding hydrogens is 250 g/mol. The van der Waals surface area contributed by atoms with E-state index in [1.165, 1.54) is 19.1 Å². The Labute approximate surface area is 108 Å². The summed E-state index contributed by atoms with van der Waals surface area (Å²) in [4.78, 5) is 0.324. The largest absolute Gasteiger partial charge is 0.494 e. The number of hydrogen-bond acceptors (Lipinski definition) is 4. The lowest BCUT2D eigenvalue weighted by Gasteiger charge is -2.07. The van der Waals surface area contributed by atoms with Gasteiger partial charge in [0.05, 0.1) is 11.5 Å². The standard InChI is InChI=1S/C13H19NO3S/c1-18(15,16)13-7-5-12(6-8-13)17-10-2-9-14-11-3-4-11/h5-8,11,14H,2-4,9-10H2,1H3. The minimum Gasteiger partial charge on any atom is -0.494 e. The summed E-state index contributed by atoms with van der Waals surface area (Å²) >= 11 is 0. The molecule has 1 aromatic rings. The van der Waals surface area contributed by atoms with Crippen LogP contribution in [0.2, 0.25) is 0 Å². The molecule has 1 N–H and O–H groups in total. The van der Waals surface area contributed by atoms with Crippen LogP contribution < -0.4 is 10.1 Å². The second kappa shape index (κ2) is 5.71. The molecule has 0 aromatic heterocycles. The first-order valence-electron chi connectivity index (χ1n) is 6.22. The van der Waals surface area contributed by atoms with Crippen LogP contribution in [0.15, 0.2) is 29.2 Å². The van der Waals surface area contributed by atoms with E-state index in [2.05, 4.69) is 5.32 Å². The van der Waals surface area contributed by atoms with Crippen molar-refractivity contribution in [3.8, 4) is 5.75 Å². The maximum absolute atomic E-state index is 11.3. The highest BCUT2D eigenvalue weighted by Gasteiger charge is 2.19. The van der Waals surface area contributed by atoms with Gasteiger partial charge in [-0.1, -0.05) is 0 Å². The number of nitrogens with one attached hydrogen (secondary N) is 1. The molecule has 5 heteroatoms. The van der Waals surface area contributed by atoms with Crippen molar-refractivity contribution >= 4 is 9.84 Å². The Balaban J connectivity index is 1.72. The fourth-order valence-electron chi connectivity index (χ4n) is 1.64. The van der Waals surface area contributed by atoms with Crippen LogP contribution in [0.1, 0.15) is 19.3 Å². The van der Waals surface area contributed by atoms with Crippen LogP contribution in [-0.4, -0.2) is 33.9 Å². The zero-order chi connectivity index (χ0) is 13.0. The Bertz CT molecular complexity index is 477. The van der Waals surface area contributed by atoms with E-state index in [1.807, 2.05) is 0 Å². The zero-order valence-corrected chi connectivity index (χ0v) is 11.4. The van der Waals surface area contributed by atoms with E-state index >= 15 is 0 Å². The van der Waals surface area contributed by atoms with Gasteiger partial charge >= 0.3 is 0 Å². The first kappa shape index (κ1) is 13.4. The second-order valence-electron chi connectivity index (χ2n) is 4.67. The minimum absolute atomic E-state index is 0.324. The molecule has 1 saturated carbocycles. The first-order valence-corrected chi connectivity index (χ1v) is 8.11. The summed E-state index contributed by atoms with van der Waals surface area (Å²) in [5, 5.41) is 3.41. The predicted molar refractivity (Wildman–Crippen MR) is 70.7 cm³/mol. The zero-order valence-electron chi connectivity index (χ0n) is 10.6. The summed E-state index contributed by atoms with van der Waals surface area (Å²) in [6.07, 6.45) is 4.76. The third kappa shape index (κ3) is 4.31. The van der Waals surface area contributed by atoms with Gasteiger partial charge in [0.25, 0.3) is 0 Å². The molecule has 4 nitrogen and oxygen atoms in total. The maximum Gasteiger partial charge on any atom is 0.175 e. The summed E-state index contributed by atoms with van der Waals surface area (Å²) in [5.41, 5.74) is 0. The van der Waals surface area contributed by atoms with Gasteiger partial charge < -0.3 is 10.1 Å². The van der Waals surface area contributed by atoms with Gasteiger partial charge in [0.15, 0.2) is 9.84 Å². The van der Waals surface area contributed by atoms with Gasteiger partial charge in [0.2, 0.25) is 0 Å². The van der Waals surface area contributed by atoms with E-state index in [0.29, 0.717) is 17.3 Å². The van der Waals surface area contributed by atoms with Gasteiger partial charge in [0.1, 0.15) is 5.75 Å². The van der Waals surface area contributed by atoms with Crippen molar-refractivity contribution < 1.29 is 13.2 Å². The molecule has 0 unspecified atom stereocenters. The first-order chi connectivity index (χ1) is 8.55. The summed E-state index contributed by atoms with van der Waals surface area (Å²) in [6, 6.07) is 7.29. The van der Waals surface area contributed by atoms with Gasteiger partial charge in [-0.15, -0.1) is 0 Å². The molecule has 0 heterocycles. The number of rotatable bonds is 7. The lowest BCUT2D eigenvalue weighted by Crippen LogP contribution is -2.19. The van der Waals surface area contributed by atoms with Crippen molar-refractivity contribution in [2.75, 3.05) is 19.4 Å². The molecule has 0 aliphatic heterocycles. The molecule has 0 spiro atoms. The van der Waals surface area contributed by atoms with Gasteiger partial charge in [0, 0.05) is 12.3 Å². The molecule has 0 atom stereocenters. The van der Waals surface area contributed by atoms with Gasteiger partial charge in [-0.25, -0.2) is 8.42 Å². The average molecular weight is 269 g/mol. The van der Waals surface area contributed by atoms with Crippen LogP contribution >= 0.6 is 0 Å². The van der Waals surface area contributed by atoms with E-state index < -0.39 is 9.84 Å². The van der Waals surface area contributed by atoms with E-state index in [0.717, 1.165) is 19.0 Å². The molecule has 1 aromatic carbocycles. The topological polar surface area (TPSA) is 55.4 Å². The van der Waals surface area contributed by atoms with Crippen LogP contribution in [0.5, 0.6) is 5.75 Å². The third-order valence-corrected chi connectivity index (χ3v) is 3.98. The molecule has 1 fully saturated rings. The summed E-state index contributed by atoms with van der Waals surface area (Å²) in [5.74, 6) is 0.717. The minimum atomic E-state index is -3.12. The van der Waals surface area contributed by atoms with E-state index in [9.17, 15) is 8.42 Å². The summed E-state index contributed by atoms with van der Waals surface area (Å²) in [6.45, 7) is 1.63. The van der Waals surface area contributed by atoms with Crippen LogP contribution in [-0.2, 0) is 9.84 Å². The Morgan fingerprint density at radius 3 is 2.50 bits per heavy atom. The van der Waals surface area contributed by atoms with Crippen LogP contribution in [0.4, 0.5) is 0 Å². The van der Waals surface area contributed by atoms with E-state index in [4.69, 9.17) is 4.74 Å². The molecule has 100 valence electrons. The molecule has 18 heavy (non-hydrogen) atoms. The summed E-state index contributed by atoms with van der Waals surface area (Å²) < 4.78 is 28.1. The van der Waals surface area contributed by atoms with E-state index in [1.54, 1.807) is 24.3 Å². The average Bonchev–Trinajstić information content (AvgIpc) is 3.12. The van der Waals surface area contributed by atoms with Crippen molar-refractivity contribution in [1.29, 1.82) is 0 Å². The van der Waals surface area contributed by atoms with Crippen molar-refractivity contribution in [3.63, 3.8) is 0 Å². The van der Waals surface area contributed by atoms with Crippen molar-refractivity contribution in [2.45, 2.75) is 30.2 Å². The fraction of sp³-hybridized carbons (Fsp3) is 0.538. The molecule has 0 radical (unpaired) electrons. The van der Waals surface area contributed by atoms with Crippen LogP contribution in [0.25, 0.3) is 0 Å². The SMILES string of the molecule is CS(=O)(=O)c1ccc(OCCCNC2CC2)cc1. The number of sulfone groups is 1. The maximum atomic E-state index is 11.3. The Morgan fingerprint density at radius 2 is 1.94 bits per heavy atom. The van der Waals surface area contributed by atoms with Gasteiger partial charge in [-0.05, 0) is 50.1 Å². The highest BCUT2D eigenvalue weighted by atomic mass is 32.2. The monoisotopic (exact) mass is 269 g/mol. The Kier molecular flexibility index (Phi) is 4.24. The van der Waals surface area contributed by atoms with Crippen LogP contribution in [0.3, 0.4) is 0 Å². The smallest absolute Gasteiger partial charge is 0.175 e. The third-order valence-electron chi connectivity index (χ3n) is 2.85. The quantitative estimate of drug-likeness (QED) is 0.764. The van der Waals surface area contributed by atoms with Gasteiger partial charge in [-0.2, -0.15) is 0 Å². The Morgan fingerprint density at radius 1 is 1.28 bits per heavy atom. The van der Waals surface area contributed by atoms with Crippen LogP contribution in [0, 0.1) is 0 Å². The Hall–Kier alpha value is -1.07. The molecular formula is C13H19NO3S. The second-order valence-corrected chi connectivity index (χ2v) is 6.69. The predicted octanol–water partition coefficient (Wildman–Crippen LogP) is 1.61. The molecule has 1 aliphatic rings. The molecule has 0 bridgehead atoms.